The van der Waals surface area contributed by atoms with E-state index in [0.29, 0.717) is 23.6 Å². The minimum absolute atomic E-state index is 0.0775. The fourth-order valence-corrected chi connectivity index (χ4v) is 2.51. The molecule has 1 atom stereocenters. The lowest BCUT2D eigenvalue weighted by Gasteiger charge is -2.14. The van der Waals surface area contributed by atoms with Crippen molar-refractivity contribution in [1.29, 1.82) is 5.26 Å². The van der Waals surface area contributed by atoms with E-state index < -0.39 is 0 Å². The van der Waals surface area contributed by atoms with Crippen molar-refractivity contribution in [3.8, 4) is 11.8 Å². The molecule has 2 heterocycles. The fraction of sp³-hybridized carbons (Fsp3) is 0.286. The van der Waals surface area contributed by atoms with Gasteiger partial charge in [-0.3, -0.25) is 0 Å². The number of rotatable bonds is 2. The first-order valence-electron chi connectivity index (χ1n) is 6.65. The molecule has 0 amide bonds. The van der Waals surface area contributed by atoms with Gasteiger partial charge in [-0.1, -0.05) is 0 Å². The zero-order valence-corrected chi connectivity index (χ0v) is 11.3. The normalized spacial score (nSPS) is 18.0. The molecule has 0 aliphatic carbocycles. The summed E-state index contributed by atoms with van der Waals surface area (Å²) in [6.45, 7) is 1.39. The van der Waals surface area contributed by atoms with Crippen LogP contribution in [0.3, 0.4) is 0 Å². The van der Waals surface area contributed by atoms with Gasteiger partial charge in [0.05, 0.1) is 5.69 Å². The number of nitrogens with two attached hydrogens (primary N) is 2. The summed E-state index contributed by atoms with van der Waals surface area (Å²) in [6, 6.07) is 7.96. The Morgan fingerprint density at radius 3 is 2.62 bits per heavy atom. The zero-order valence-electron chi connectivity index (χ0n) is 11.3. The largest absolute Gasteiger partial charge is 0.382 e. The van der Waals surface area contributed by atoms with Crippen molar-refractivity contribution in [2.24, 2.45) is 5.73 Å². The molecule has 1 aromatic carbocycles. The highest BCUT2D eigenvalue weighted by atomic mass is 19.1. The van der Waals surface area contributed by atoms with Gasteiger partial charge in [0.2, 0.25) is 0 Å². The molecule has 4 N–H and O–H groups in total. The van der Waals surface area contributed by atoms with E-state index in [1.165, 1.54) is 16.8 Å². The molecule has 6 nitrogen and oxygen atoms in total. The summed E-state index contributed by atoms with van der Waals surface area (Å²) in [5, 5.41) is 13.7. The molecule has 21 heavy (non-hydrogen) atoms. The maximum Gasteiger partial charge on any atom is 0.171 e. The van der Waals surface area contributed by atoms with Crippen LogP contribution in [0, 0.1) is 17.1 Å². The second-order valence-electron chi connectivity index (χ2n) is 5.08. The van der Waals surface area contributed by atoms with Crippen LogP contribution in [0.4, 0.5) is 16.0 Å². The number of hydrogen-bond donors (Lipinski definition) is 2. The number of nitrogens with zero attached hydrogens (tertiary/aromatic N) is 4. The average molecular weight is 286 g/mol. The molecule has 1 saturated heterocycles. The number of benzene rings is 1. The smallest absolute Gasteiger partial charge is 0.171 e. The first-order chi connectivity index (χ1) is 10.1. The molecule has 1 unspecified atom stereocenters. The van der Waals surface area contributed by atoms with Crippen molar-refractivity contribution < 1.29 is 4.39 Å². The van der Waals surface area contributed by atoms with Crippen LogP contribution in [-0.4, -0.2) is 28.9 Å². The lowest BCUT2D eigenvalue weighted by molar-refractivity contribution is 0.627. The molecule has 1 aliphatic rings. The lowest BCUT2D eigenvalue weighted by Crippen LogP contribution is -2.27. The zero-order chi connectivity index (χ0) is 15.0. The Bertz CT molecular complexity index is 699. The van der Waals surface area contributed by atoms with Crippen LogP contribution in [0.2, 0.25) is 0 Å². The van der Waals surface area contributed by atoms with Gasteiger partial charge in [-0.25, -0.2) is 9.07 Å². The Morgan fingerprint density at radius 2 is 2.05 bits per heavy atom. The molecule has 3 rings (SSSR count). The first-order valence-corrected chi connectivity index (χ1v) is 6.65. The van der Waals surface area contributed by atoms with Crippen molar-refractivity contribution in [2.75, 3.05) is 23.7 Å². The number of hydrogen-bond acceptors (Lipinski definition) is 5. The van der Waals surface area contributed by atoms with Crippen molar-refractivity contribution in [3.63, 3.8) is 0 Å². The molecule has 2 aromatic rings. The topological polar surface area (TPSA) is 96.9 Å². The van der Waals surface area contributed by atoms with Crippen LogP contribution in [0.25, 0.3) is 5.69 Å². The molecular weight excluding hydrogens is 271 g/mol. The molecule has 0 radical (unpaired) electrons. The van der Waals surface area contributed by atoms with E-state index in [1.54, 1.807) is 12.1 Å². The van der Waals surface area contributed by atoms with E-state index in [4.69, 9.17) is 11.5 Å². The van der Waals surface area contributed by atoms with Gasteiger partial charge >= 0.3 is 0 Å². The van der Waals surface area contributed by atoms with Crippen molar-refractivity contribution in [3.05, 3.63) is 35.6 Å². The molecular formula is C14H15FN6. The molecule has 1 aliphatic heterocycles. The monoisotopic (exact) mass is 286 g/mol. The molecule has 1 fully saturated rings. The standard InChI is InChI=1S/C14H15FN6/c15-9-1-3-11(4-2-9)21-13(18)12(7-16)14(19-21)20-6-5-10(17)8-20/h1-4,10H,5-6,8,17-18H2. The highest BCUT2D eigenvalue weighted by Gasteiger charge is 2.26. The van der Waals surface area contributed by atoms with Gasteiger partial charge in [-0.05, 0) is 30.7 Å². The molecule has 0 spiro atoms. The predicted octanol–water partition coefficient (Wildman–Crippen LogP) is 1.00. The number of aromatic nitrogens is 2. The van der Waals surface area contributed by atoms with Gasteiger partial charge in [0.15, 0.2) is 5.82 Å². The number of nitriles is 1. The van der Waals surface area contributed by atoms with Crippen LogP contribution in [0.5, 0.6) is 0 Å². The summed E-state index contributed by atoms with van der Waals surface area (Å²) in [4.78, 5) is 1.96. The molecule has 0 bridgehead atoms. The van der Waals surface area contributed by atoms with Gasteiger partial charge in [-0.15, -0.1) is 5.10 Å². The van der Waals surface area contributed by atoms with Crippen LogP contribution in [-0.2, 0) is 0 Å². The van der Waals surface area contributed by atoms with E-state index in [9.17, 15) is 9.65 Å². The molecule has 0 saturated carbocycles. The fourth-order valence-electron chi connectivity index (χ4n) is 2.51. The van der Waals surface area contributed by atoms with Gasteiger partial charge in [-0.2, -0.15) is 5.26 Å². The van der Waals surface area contributed by atoms with E-state index >= 15 is 0 Å². The highest BCUT2D eigenvalue weighted by molar-refractivity contribution is 5.67. The average Bonchev–Trinajstić information content (AvgIpc) is 3.03. The Balaban J connectivity index is 2.05. The molecule has 7 heteroatoms. The first kappa shape index (κ1) is 13.4. The Labute approximate surface area is 121 Å². The minimum atomic E-state index is -0.337. The highest BCUT2D eigenvalue weighted by Crippen LogP contribution is 2.29. The van der Waals surface area contributed by atoms with E-state index in [2.05, 4.69) is 11.2 Å². The van der Waals surface area contributed by atoms with Crippen molar-refractivity contribution in [1.82, 2.24) is 9.78 Å². The van der Waals surface area contributed by atoms with Crippen LogP contribution in [0.15, 0.2) is 24.3 Å². The van der Waals surface area contributed by atoms with Gasteiger partial charge < -0.3 is 16.4 Å². The summed E-state index contributed by atoms with van der Waals surface area (Å²) in [5.74, 6) is 0.447. The quantitative estimate of drug-likeness (QED) is 0.858. The van der Waals surface area contributed by atoms with Crippen molar-refractivity contribution >= 4 is 11.6 Å². The Hall–Kier alpha value is -2.59. The summed E-state index contributed by atoms with van der Waals surface area (Å²) in [5.41, 5.74) is 12.8. The van der Waals surface area contributed by atoms with Gasteiger partial charge in [0, 0.05) is 19.1 Å². The maximum atomic E-state index is 13.0. The maximum absolute atomic E-state index is 13.0. The van der Waals surface area contributed by atoms with Crippen molar-refractivity contribution in [2.45, 2.75) is 12.5 Å². The molecule has 108 valence electrons. The summed E-state index contributed by atoms with van der Waals surface area (Å²) < 4.78 is 14.5. The third-order valence-electron chi connectivity index (χ3n) is 3.61. The second kappa shape index (κ2) is 5.07. The predicted molar refractivity (Wildman–Crippen MR) is 77.5 cm³/mol. The van der Waals surface area contributed by atoms with Crippen LogP contribution in [0.1, 0.15) is 12.0 Å². The lowest BCUT2D eigenvalue weighted by atomic mass is 10.3. The summed E-state index contributed by atoms with van der Waals surface area (Å²) >= 11 is 0. The minimum Gasteiger partial charge on any atom is -0.382 e. The summed E-state index contributed by atoms with van der Waals surface area (Å²) in [6.07, 6.45) is 0.855. The second-order valence-corrected chi connectivity index (χ2v) is 5.08. The number of nitrogen functional groups attached to an aromatic ring is 1. The summed E-state index contributed by atoms with van der Waals surface area (Å²) in [7, 11) is 0. The van der Waals surface area contributed by atoms with E-state index in [-0.39, 0.29) is 17.7 Å². The van der Waals surface area contributed by atoms with E-state index in [1.807, 2.05) is 4.90 Å². The van der Waals surface area contributed by atoms with Crippen LogP contribution >= 0.6 is 0 Å². The van der Waals surface area contributed by atoms with Gasteiger partial charge in [0.1, 0.15) is 23.3 Å². The number of halogens is 1. The third kappa shape index (κ3) is 2.30. The number of anilines is 2. The van der Waals surface area contributed by atoms with Gasteiger partial charge in [0.25, 0.3) is 0 Å². The molecule has 1 aromatic heterocycles. The Morgan fingerprint density at radius 1 is 1.33 bits per heavy atom. The Kier molecular flexibility index (Phi) is 3.23. The van der Waals surface area contributed by atoms with E-state index in [0.717, 1.165) is 13.0 Å². The van der Waals surface area contributed by atoms with Crippen LogP contribution < -0.4 is 16.4 Å². The third-order valence-corrected chi connectivity index (χ3v) is 3.61. The SMILES string of the molecule is N#Cc1c(N2CCC(N)C2)nn(-c2ccc(F)cc2)c1N.